The number of nitrogens with zero attached hydrogens (tertiary/aromatic N) is 2. The van der Waals surface area contributed by atoms with Gasteiger partial charge in [0.25, 0.3) is 10.0 Å². The highest BCUT2D eigenvalue weighted by molar-refractivity contribution is 7.92. The molecule has 3 rings (SSSR count). The Morgan fingerprint density at radius 1 is 0.895 bits per heavy atom. The SMILES string of the molecule is CCCCNC(=O)[C@H](C)N(Cc1ccc(Cl)cc1)C(=O)CN(c1ccc(Cl)cc1)S(=O)(=O)c1ccccc1. The maximum absolute atomic E-state index is 13.8. The molecule has 3 aromatic carbocycles. The van der Waals surface area contributed by atoms with E-state index in [1.807, 2.05) is 6.92 Å². The number of carbonyl (C=O) groups is 2. The zero-order valence-electron chi connectivity index (χ0n) is 21.3. The van der Waals surface area contributed by atoms with E-state index in [4.69, 9.17) is 23.2 Å². The van der Waals surface area contributed by atoms with Crippen molar-refractivity contribution in [2.45, 2.75) is 44.2 Å². The van der Waals surface area contributed by atoms with Crippen molar-refractivity contribution < 1.29 is 18.0 Å². The summed E-state index contributed by atoms with van der Waals surface area (Å²) in [6.07, 6.45) is 1.72. The zero-order chi connectivity index (χ0) is 27.7. The van der Waals surface area contributed by atoms with E-state index in [0.717, 1.165) is 22.7 Å². The molecule has 0 aliphatic heterocycles. The molecule has 1 atom stereocenters. The summed E-state index contributed by atoms with van der Waals surface area (Å²) >= 11 is 12.1. The van der Waals surface area contributed by atoms with Crippen LogP contribution >= 0.6 is 23.2 Å². The van der Waals surface area contributed by atoms with Gasteiger partial charge >= 0.3 is 0 Å². The molecule has 0 radical (unpaired) electrons. The van der Waals surface area contributed by atoms with Crippen molar-refractivity contribution in [3.8, 4) is 0 Å². The Morgan fingerprint density at radius 2 is 1.47 bits per heavy atom. The molecule has 0 saturated heterocycles. The normalized spacial score (nSPS) is 12.0. The molecule has 1 N–H and O–H groups in total. The third kappa shape index (κ3) is 7.72. The fourth-order valence-electron chi connectivity index (χ4n) is 3.76. The van der Waals surface area contributed by atoms with Gasteiger partial charge in [0.2, 0.25) is 11.8 Å². The molecule has 0 fully saturated rings. The number of benzene rings is 3. The predicted octanol–water partition coefficient (Wildman–Crippen LogP) is 5.52. The van der Waals surface area contributed by atoms with E-state index in [1.165, 1.54) is 17.0 Å². The van der Waals surface area contributed by atoms with Gasteiger partial charge in [-0.1, -0.05) is 66.9 Å². The first-order valence-electron chi connectivity index (χ1n) is 12.3. The lowest BCUT2D eigenvalue weighted by Crippen LogP contribution is -2.51. The van der Waals surface area contributed by atoms with Gasteiger partial charge in [0.1, 0.15) is 12.6 Å². The monoisotopic (exact) mass is 575 g/mol. The van der Waals surface area contributed by atoms with E-state index in [9.17, 15) is 18.0 Å². The molecular formula is C28H31Cl2N3O4S. The van der Waals surface area contributed by atoms with Gasteiger partial charge in [-0.25, -0.2) is 8.42 Å². The van der Waals surface area contributed by atoms with Crippen molar-refractivity contribution in [3.63, 3.8) is 0 Å². The van der Waals surface area contributed by atoms with Crippen LogP contribution in [0.5, 0.6) is 0 Å². The maximum atomic E-state index is 13.8. The first-order valence-corrected chi connectivity index (χ1v) is 14.5. The highest BCUT2D eigenvalue weighted by atomic mass is 35.5. The van der Waals surface area contributed by atoms with Gasteiger partial charge < -0.3 is 10.2 Å². The lowest BCUT2D eigenvalue weighted by atomic mass is 10.1. The number of rotatable bonds is 12. The minimum Gasteiger partial charge on any atom is -0.354 e. The molecule has 0 spiro atoms. The van der Waals surface area contributed by atoms with Crippen molar-refractivity contribution in [1.82, 2.24) is 10.2 Å². The standard InChI is InChI=1S/C28H31Cl2N3O4S/c1-3-4-18-31-28(35)21(2)32(19-22-10-12-23(29)13-11-22)27(34)20-33(25-16-14-24(30)15-17-25)38(36,37)26-8-6-5-7-9-26/h5-17,21H,3-4,18-20H2,1-2H3,(H,31,35)/t21-/m0/s1. The smallest absolute Gasteiger partial charge is 0.264 e. The Kier molecular flexibility index (Phi) is 10.6. The second-order valence-electron chi connectivity index (χ2n) is 8.77. The molecule has 0 heterocycles. The Morgan fingerprint density at radius 3 is 2.05 bits per heavy atom. The number of halogens is 2. The molecule has 0 aromatic heterocycles. The van der Waals surface area contributed by atoms with Crippen LogP contribution < -0.4 is 9.62 Å². The second kappa shape index (κ2) is 13.6. The summed E-state index contributed by atoms with van der Waals surface area (Å²) < 4.78 is 28.4. The Bertz CT molecular complexity index is 1320. The number of hydrogen-bond acceptors (Lipinski definition) is 4. The van der Waals surface area contributed by atoms with E-state index in [1.54, 1.807) is 73.7 Å². The van der Waals surface area contributed by atoms with Crippen LogP contribution in [-0.2, 0) is 26.2 Å². The fraction of sp³-hybridized carbons (Fsp3) is 0.286. The van der Waals surface area contributed by atoms with E-state index in [2.05, 4.69) is 5.32 Å². The van der Waals surface area contributed by atoms with Crippen LogP contribution in [0.15, 0.2) is 83.8 Å². The highest BCUT2D eigenvalue weighted by Gasteiger charge is 2.32. The minimum absolute atomic E-state index is 0.0392. The summed E-state index contributed by atoms with van der Waals surface area (Å²) in [4.78, 5) is 28.2. The van der Waals surface area contributed by atoms with Crippen molar-refractivity contribution >= 4 is 50.7 Å². The van der Waals surface area contributed by atoms with Crippen LogP contribution in [0.4, 0.5) is 5.69 Å². The van der Waals surface area contributed by atoms with Gasteiger partial charge in [0.05, 0.1) is 10.6 Å². The molecule has 2 amide bonds. The zero-order valence-corrected chi connectivity index (χ0v) is 23.6. The molecule has 0 aliphatic carbocycles. The number of hydrogen-bond donors (Lipinski definition) is 1. The lowest BCUT2D eigenvalue weighted by Gasteiger charge is -2.32. The van der Waals surface area contributed by atoms with E-state index in [0.29, 0.717) is 16.6 Å². The average molecular weight is 577 g/mol. The van der Waals surface area contributed by atoms with Crippen molar-refractivity contribution in [1.29, 1.82) is 0 Å². The van der Waals surface area contributed by atoms with Gasteiger partial charge in [0.15, 0.2) is 0 Å². The third-order valence-electron chi connectivity index (χ3n) is 5.99. The lowest BCUT2D eigenvalue weighted by molar-refractivity contribution is -0.139. The molecule has 202 valence electrons. The Balaban J connectivity index is 1.97. The van der Waals surface area contributed by atoms with Crippen LogP contribution in [-0.4, -0.2) is 44.3 Å². The van der Waals surface area contributed by atoms with Crippen molar-refractivity contribution in [2.75, 3.05) is 17.4 Å². The fourth-order valence-corrected chi connectivity index (χ4v) is 5.45. The van der Waals surface area contributed by atoms with Gasteiger partial charge in [-0.15, -0.1) is 0 Å². The number of nitrogens with one attached hydrogen (secondary N) is 1. The van der Waals surface area contributed by atoms with E-state index >= 15 is 0 Å². The molecule has 10 heteroatoms. The van der Waals surface area contributed by atoms with Crippen molar-refractivity contribution in [2.24, 2.45) is 0 Å². The van der Waals surface area contributed by atoms with Crippen molar-refractivity contribution in [3.05, 3.63) is 94.5 Å². The molecular weight excluding hydrogens is 545 g/mol. The summed E-state index contributed by atoms with van der Waals surface area (Å²) in [6, 6.07) is 20.2. The Hall–Kier alpha value is -3.07. The summed E-state index contributed by atoms with van der Waals surface area (Å²) in [5.74, 6) is -0.850. The first-order chi connectivity index (χ1) is 18.1. The van der Waals surface area contributed by atoms with E-state index in [-0.39, 0.29) is 23.0 Å². The van der Waals surface area contributed by atoms with Crippen LogP contribution in [0.2, 0.25) is 10.0 Å². The van der Waals surface area contributed by atoms with Crippen LogP contribution in [0, 0.1) is 0 Å². The second-order valence-corrected chi connectivity index (χ2v) is 11.5. The summed E-state index contributed by atoms with van der Waals surface area (Å²) in [5.41, 5.74) is 1.03. The van der Waals surface area contributed by atoms with Crippen LogP contribution in [0.25, 0.3) is 0 Å². The molecule has 7 nitrogen and oxygen atoms in total. The quantitative estimate of drug-likeness (QED) is 0.288. The van der Waals surface area contributed by atoms with E-state index < -0.39 is 28.5 Å². The topological polar surface area (TPSA) is 86.8 Å². The van der Waals surface area contributed by atoms with Crippen LogP contribution in [0.3, 0.4) is 0 Å². The number of carbonyl (C=O) groups excluding carboxylic acids is 2. The summed E-state index contributed by atoms with van der Waals surface area (Å²) in [6.45, 7) is 3.72. The summed E-state index contributed by atoms with van der Waals surface area (Å²) in [5, 5.41) is 3.83. The first kappa shape index (κ1) is 29.5. The number of amides is 2. The van der Waals surface area contributed by atoms with Crippen LogP contribution in [0.1, 0.15) is 32.3 Å². The number of anilines is 1. The molecule has 3 aromatic rings. The molecule has 0 bridgehead atoms. The van der Waals surface area contributed by atoms with Gasteiger partial charge in [-0.2, -0.15) is 0 Å². The molecule has 0 unspecified atom stereocenters. The Labute approximate surface area is 234 Å². The van der Waals surface area contributed by atoms with Gasteiger partial charge in [-0.3, -0.25) is 13.9 Å². The molecule has 38 heavy (non-hydrogen) atoms. The molecule has 0 aliphatic rings. The highest BCUT2D eigenvalue weighted by Crippen LogP contribution is 2.26. The minimum atomic E-state index is -4.11. The largest absolute Gasteiger partial charge is 0.354 e. The number of unbranched alkanes of at least 4 members (excludes halogenated alkanes) is 1. The van der Waals surface area contributed by atoms with Gasteiger partial charge in [-0.05, 0) is 67.4 Å². The molecule has 0 saturated carbocycles. The predicted molar refractivity (Wildman–Crippen MR) is 152 cm³/mol. The third-order valence-corrected chi connectivity index (χ3v) is 8.28. The number of sulfonamides is 1. The van der Waals surface area contributed by atoms with Gasteiger partial charge in [0, 0.05) is 23.1 Å². The summed E-state index contributed by atoms with van der Waals surface area (Å²) in [7, 11) is -4.11. The maximum Gasteiger partial charge on any atom is 0.264 e. The average Bonchev–Trinajstić information content (AvgIpc) is 2.92.